The molecule has 0 radical (unpaired) electrons. The van der Waals surface area contributed by atoms with Gasteiger partial charge in [0.1, 0.15) is 6.04 Å². The Morgan fingerprint density at radius 1 is 1.26 bits per heavy atom. The summed E-state index contributed by atoms with van der Waals surface area (Å²) in [6.07, 6.45) is 1.81. The van der Waals surface area contributed by atoms with Crippen molar-refractivity contribution < 1.29 is 9.59 Å². The molecule has 0 spiro atoms. The maximum Gasteiger partial charge on any atom is 0.243 e. The van der Waals surface area contributed by atoms with Crippen LogP contribution in [0.15, 0.2) is 41.8 Å². The smallest absolute Gasteiger partial charge is 0.243 e. The van der Waals surface area contributed by atoms with Crippen LogP contribution in [-0.2, 0) is 22.4 Å². The van der Waals surface area contributed by atoms with Gasteiger partial charge in [-0.3, -0.25) is 14.5 Å². The van der Waals surface area contributed by atoms with Crippen LogP contribution in [-0.4, -0.2) is 24.4 Å². The SMILES string of the molecule is CCC(=O)N1c2ccccc2C[C@@H]1C(=O)NCCc1cccs1. The molecule has 2 heterocycles. The Hall–Kier alpha value is -2.14. The van der Waals surface area contributed by atoms with E-state index in [9.17, 15) is 9.59 Å². The van der Waals surface area contributed by atoms with E-state index in [4.69, 9.17) is 0 Å². The first kappa shape index (κ1) is 15.7. The summed E-state index contributed by atoms with van der Waals surface area (Å²) >= 11 is 1.69. The zero-order chi connectivity index (χ0) is 16.2. The van der Waals surface area contributed by atoms with Gasteiger partial charge in [-0.2, -0.15) is 0 Å². The molecule has 1 aliphatic heterocycles. The number of benzene rings is 1. The number of nitrogens with one attached hydrogen (secondary N) is 1. The Morgan fingerprint density at radius 2 is 2.09 bits per heavy atom. The van der Waals surface area contributed by atoms with E-state index >= 15 is 0 Å². The van der Waals surface area contributed by atoms with Gasteiger partial charge in [-0.05, 0) is 29.5 Å². The highest BCUT2D eigenvalue weighted by molar-refractivity contribution is 7.09. The van der Waals surface area contributed by atoms with E-state index in [-0.39, 0.29) is 11.8 Å². The van der Waals surface area contributed by atoms with E-state index < -0.39 is 6.04 Å². The molecule has 4 nitrogen and oxygen atoms in total. The van der Waals surface area contributed by atoms with Crippen molar-refractivity contribution in [3.8, 4) is 0 Å². The molecule has 23 heavy (non-hydrogen) atoms. The summed E-state index contributed by atoms with van der Waals surface area (Å²) < 4.78 is 0. The Kier molecular flexibility index (Phi) is 4.76. The van der Waals surface area contributed by atoms with Crippen LogP contribution in [0.1, 0.15) is 23.8 Å². The topological polar surface area (TPSA) is 49.4 Å². The molecule has 5 heteroatoms. The van der Waals surface area contributed by atoms with E-state index in [2.05, 4.69) is 11.4 Å². The highest BCUT2D eigenvalue weighted by Crippen LogP contribution is 2.32. The van der Waals surface area contributed by atoms with Crippen LogP contribution in [0.3, 0.4) is 0 Å². The van der Waals surface area contributed by atoms with Gasteiger partial charge in [0.15, 0.2) is 0 Å². The highest BCUT2D eigenvalue weighted by atomic mass is 32.1. The van der Waals surface area contributed by atoms with Crippen LogP contribution in [0.2, 0.25) is 0 Å². The van der Waals surface area contributed by atoms with Gasteiger partial charge in [0.05, 0.1) is 0 Å². The normalized spacial score (nSPS) is 16.2. The van der Waals surface area contributed by atoms with Gasteiger partial charge in [0, 0.05) is 30.0 Å². The van der Waals surface area contributed by atoms with Crippen molar-refractivity contribution in [2.75, 3.05) is 11.4 Å². The average Bonchev–Trinajstić information content (AvgIpc) is 3.21. The van der Waals surface area contributed by atoms with Crippen molar-refractivity contribution in [1.82, 2.24) is 5.32 Å². The first-order valence-corrected chi connectivity index (χ1v) is 8.78. The molecule has 1 aromatic carbocycles. The number of thiophene rings is 1. The van der Waals surface area contributed by atoms with Gasteiger partial charge in [-0.25, -0.2) is 0 Å². The molecule has 0 saturated carbocycles. The third-order valence-corrected chi connectivity index (χ3v) is 5.04. The van der Waals surface area contributed by atoms with Crippen LogP contribution >= 0.6 is 11.3 Å². The minimum absolute atomic E-state index is 0.00615. The number of carbonyl (C=O) groups is 2. The maximum absolute atomic E-state index is 12.6. The van der Waals surface area contributed by atoms with Crippen LogP contribution in [0.4, 0.5) is 5.69 Å². The maximum atomic E-state index is 12.6. The summed E-state index contributed by atoms with van der Waals surface area (Å²) in [5, 5.41) is 5.01. The van der Waals surface area contributed by atoms with Gasteiger partial charge in [-0.15, -0.1) is 11.3 Å². The lowest BCUT2D eigenvalue weighted by atomic mass is 10.1. The molecule has 0 saturated heterocycles. The summed E-state index contributed by atoms with van der Waals surface area (Å²) in [6, 6.07) is 11.4. The van der Waals surface area contributed by atoms with Crippen molar-refractivity contribution >= 4 is 28.8 Å². The predicted molar refractivity (Wildman–Crippen MR) is 92.7 cm³/mol. The van der Waals surface area contributed by atoms with E-state index in [1.54, 1.807) is 16.2 Å². The van der Waals surface area contributed by atoms with Gasteiger partial charge < -0.3 is 5.32 Å². The average molecular weight is 328 g/mol. The minimum Gasteiger partial charge on any atom is -0.354 e. The summed E-state index contributed by atoms with van der Waals surface area (Å²) in [6.45, 7) is 2.43. The molecule has 1 aliphatic rings. The Balaban J connectivity index is 1.68. The van der Waals surface area contributed by atoms with Gasteiger partial charge in [0.2, 0.25) is 11.8 Å². The van der Waals surface area contributed by atoms with Crippen molar-refractivity contribution in [2.24, 2.45) is 0 Å². The monoisotopic (exact) mass is 328 g/mol. The number of amides is 2. The minimum atomic E-state index is -0.428. The van der Waals surface area contributed by atoms with Crippen molar-refractivity contribution in [1.29, 1.82) is 0 Å². The second-order valence-corrected chi connectivity index (χ2v) is 6.62. The number of rotatable bonds is 5. The zero-order valence-corrected chi connectivity index (χ0v) is 13.9. The molecule has 1 atom stereocenters. The number of fused-ring (bicyclic) bond motifs is 1. The van der Waals surface area contributed by atoms with E-state index in [1.807, 2.05) is 42.6 Å². The van der Waals surface area contributed by atoms with Crippen LogP contribution in [0, 0.1) is 0 Å². The first-order chi connectivity index (χ1) is 11.2. The quantitative estimate of drug-likeness (QED) is 0.917. The molecule has 0 aliphatic carbocycles. The Labute approximate surface area is 140 Å². The van der Waals surface area contributed by atoms with Crippen molar-refractivity contribution in [3.05, 3.63) is 52.2 Å². The third-order valence-electron chi connectivity index (χ3n) is 4.10. The summed E-state index contributed by atoms with van der Waals surface area (Å²) in [4.78, 5) is 27.8. The molecule has 0 bridgehead atoms. The lowest BCUT2D eigenvalue weighted by molar-refractivity contribution is -0.126. The molecule has 3 rings (SSSR count). The lowest BCUT2D eigenvalue weighted by Crippen LogP contribution is -2.48. The lowest BCUT2D eigenvalue weighted by Gasteiger charge is -2.24. The fourth-order valence-electron chi connectivity index (χ4n) is 2.96. The Morgan fingerprint density at radius 3 is 2.83 bits per heavy atom. The van der Waals surface area contributed by atoms with Crippen LogP contribution in [0.5, 0.6) is 0 Å². The summed E-state index contributed by atoms with van der Waals surface area (Å²) in [5.74, 6) is -0.0760. The number of nitrogens with zero attached hydrogens (tertiary/aromatic N) is 1. The molecule has 0 unspecified atom stereocenters. The molecular weight excluding hydrogens is 308 g/mol. The third kappa shape index (κ3) is 3.29. The fraction of sp³-hybridized carbons (Fsp3) is 0.333. The van der Waals surface area contributed by atoms with Crippen LogP contribution in [0.25, 0.3) is 0 Å². The van der Waals surface area contributed by atoms with Crippen molar-refractivity contribution in [2.45, 2.75) is 32.2 Å². The van der Waals surface area contributed by atoms with E-state index in [0.29, 0.717) is 19.4 Å². The summed E-state index contributed by atoms with van der Waals surface area (Å²) in [7, 11) is 0. The molecular formula is C18H20N2O2S. The van der Waals surface area contributed by atoms with E-state index in [1.165, 1.54) is 4.88 Å². The van der Waals surface area contributed by atoms with E-state index in [0.717, 1.165) is 17.7 Å². The number of hydrogen-bond acceptors (Lipinski definition) is 3. The largest absolute Gasteiger partial charge is 0.354 e. The molecule has 2 amide bonds. The second kappa shape index (κ2) is 6.96. The molecule has 2 aromatic rings. The predicted octanol–water partition coefficient (Wildman–Crippen LogP) is 2.77. The van der Waals surface area contributed by atoms with Gasteiger partial charge >= 0.3 is 0 Å². The first-order valence-electron chi connectivity index (χ1n) is 7.90. The molecule has 1 N–H and O–H groups in total. The summed E-state index contributed by atoms with van der Waals surface area (Å²) in [5.41, 5.74) is 1.94. The number of anilines is 1. The van der Waals surface area contributed by atoms with Crippen molar-refractivity contribution in [3.63, 3.8) is 0 Å². The number of hydrogen-bond donors (Lipinski definition) is 1. The standard InChI is InChI=1S/C18H20N2O2S/c1-2-17(21)20-15-8-4-3-6-13(15)12-16(20)18(22)19-10-9-14-7-5-11-23-14/h3-8,11,16H,2,9-10,12H2,1H3,(H,19,22)/t16-/m1/s1. The molecule has 0 fully saturated rings. The van der Waals surface area contributed by atoms with Gasteiger partial charge in [0.25, 0.3) is 0 Å². The fourth-order valence-corrected chi connectivity index (χ4v) is 3.66. The second-order valence-electron chi connectivity index (χ2n) is 5.59. The Bertz CT molecular complexity index is 697. The zero-order valence-electron chi connectivity index (χ0n) is 13.1. The number of carbonyl (C=O) groups excluding carboxylic acids is 2. The van der Waals surface area contributed by atoms with Gasteiger partial charge in [-0.1, -0.05) is 31.2 Å². The molecule has 120 valence electrons. The number of para-hydroxylation sites is 1. The van der Waals surface area contributed by atoms with Crippen LogP contribution < -0.4 is 10.2 Å². The highest BCUT2D eigenvalue weighted by Gasteiger charge is 2.37. The molecule has 1 aromatic heterocycles.